The van der Waals surface area contributed by atoms with Crippen LogP contribution in [0.1, 0.15) is 32.1 Å². The number of hydrogen-bond donors (Lipinski definition) is 1. The summed E-state index contributed by atoms with van der Waals surface area (Å²) in [6.07, 6.45) is 5.36. The Morgan fingerprint density at radius 2 is 1.55 bits per heavy atom. The van der Waals surface area contributed by atoms with E-state index in [0.717, 1.165) is 19.4 Å². The molecule has 3 fully saturated rings. The Bertz CT molecular complexity index is 357. The first-order valence-corrected chi connectivity index (χ1v) is 8.65. The average Bonchev–Trinajstić information content (AvgIpc) is 2.62. The minimum atomic E-state index is -0.352. The van der Waals surface area contributed by atoms with E-state index in [9.17, 15) is 9.59 Å². The molecule has 0 radical (unpaired) electrons. The highest BCUT2D eigenvalue weighted by atomic mass is 16.5. The van der Waals surface area contributed by atoms with E-state index >= 15 is 0 Å². The zero-order valence-corrected chi connectivity index (χ0v) is 13.3. The van der Waals surface area contributed by atoms with Gasteiger partial charge in [-0.25, -0.2) is 0 Å². The summed E-state index contributed by atoms with van der Waals surface area (Å²) in [5.41, 5.74) is 0. The topological polar surface area (TPSA) is 61.9 Å². The first-order chi connectivity index (χ1) is 10.8. The Morgan fingerprint density at radius 1 is 0.909 bits per heavy atom. The SMILES string of the molecule is O=C(C1CCCCC1)N1CCN(C(=O)C2CNCCO2)CC1. The van der Waals surface area contributed by atoms with Crippen molar-refractivity contribution in [2.45, 2.75) is 38.2 Å². The molecule has 1 saturated carbocycles. The van der Waals surface area contributed by atoms with Crippen molar-refractivity contribution < 1.29 is 14.3 Å². The molecule has 2 aliphatic heterocycles. The second-order valence-electron chi connectivity index (χ2n) is 6.55. The summed E-state index contributed by atoms with van der Waals surface area (Å²) in [6, 6.07) is 0. The summed E-state index contributed by atoms with van der Waals surface area (Å²) in [7, 11) is 0. The maximum atomic E-state index is 12.5. The fraction of sp³-hybridized carbons (Fsp3) is 0.875. The van der Waals surface area contributed by atoms with Crippen molar-refractivity contribution in [1.29, 1.82) is 0 Å². The van der Waals surface area contributed by atoms with E-state index in [1.165, 1.54) is 19.3 Å². The van der Waals surface area contributed by atoms with Gasteiger partial charge in [0.05, 0.1) is 6.61 Å². The number of hydrogen-bond acceptors (Lipinski definition) is 4. The molecule has 0 aromatic carbocycles. The van der Waals surface area contributed by atoms with Gasteiger partial charge in [0.15, 0.2) is 0 Å². The van der Waals surface area contributed by atoms with Gasteiger partial charge in [-0.05, 0) is 12.8 Å². The summed E-state index contributed by atoms with van der Waals surface area (Å²) in [6.45, 7) is 4.61. The molecule has 3 rings (SSSR count). The average molecular weight is 309 g/mol. The van der Waals surface area contributed by atoms with Crippen molar-refractivity contribution in [2.24, 2.45) is 5.92 Å². The third-order valence-electron chi connectivity index (χ3n) is 5.06. The summed E-state index contributed by atoms with van der Waals surface area (Å²) in [5, 5.41) is 3.19. The number of nitrogens with zero attached hydrogens (tertiary/aromatic N) is 2. The summed E-state index contributed by atoms with van der Waals surface area (Å²) in [5.74, 6) is 0.598. The lowest BCUT2D eigenvalue weighted by molar-refractivity contribution is -0.150. The Morgan fingerprint density at radius 3 is 2.14 bits per heavy atom. The molecule has 6 heteroatoms. The van der Waals surface area contributed by atoms with Gasteiger partial charge < -0.3 is 19.9 Å². The van der Waals surface area contributed by atoms with E-state index in [0.29, 0.717) is 45.2 Å². The second-order valence-corrected chi connectivity index (χ2v) is 6.55. The number of piperazine rings is 1. The standard InChI is InChI=1S/C16H27N3O3/c20-15(13-4-2-1-3-5-13)18-7-9-19(10-8-18)16(21)14-12-17-6-11-22-14/h13-14,17H,1-12H2. The van der Waals surface area contributed by atoms with E-state index < -0.39 is 0 Å². The third-order valence-corrected chi connectivity index (χ3v) is 5.06. The van der Waals surface area contributed by atoms with Crippen molar-refractivity contribution in [3.63, 3.8) is 0 Å². The zero-order valence-electron chi connectivity index (χ0n) is 13.3. The van der Waals surface area contributed by atoms with E-state index in [1.54, 1.807) is 0 Å². The zero-order chi connectivity index (χ0) is 15.4. The smallest absolute Gasteiger partial charge is 0.253 e. The van der Waals surface area contributed by atoms with Crippen LogP contribution in [-0.2, 0) is 14.3 Å². The molecule has 1 unspecified atom stereocenters. The number of amides is 2. The van der Waals surface area contributed by atoms with Gasteiger partial charge in [-0.2, -0.15) is 0 Å². The minimum absolute atomic E-state index is 0.0666. The van der Waals surface area contributed by atoms with Gasteiger partial charge in [0, 0.05) is 45.2 Å². The number of ether oxygens (including phenoxy) is 1. The Labute approximate surface area is 132 Å². The van der Waals surface area contributed by atoms with Crippen LogP contribution in [0.15, 0.2) is 0 Å². The molecule has 1 N–H and O–H groups in total. The lowest BCUT2D eigenvalue weighted by Crippen LogP contribution is -2.56. The van der Waals surface area contributed by atoms with Crippen LogP contribution in [0.2, 0.25) is 0 Å². The number of carbonyl (C=O) groups excluding carboxylic acids is 2. The van der Waals surface area contributed by atoms with Crippen molar-refractivity contribution in [2.75, 3.05) is 45.9 Å². The van der Waals surface area contributed by atoms with Gasteiger partial charge in [-0.1, -0.05) is 19.3 Å². The molecule has 1 atom stereocenters. The van der Waals surface area contributed by atoms with Crippen molar-refractivity contribution in [3.05, 3.63) is 0 Å². The highest BCUT2D eigenvalue weighted by molar-refractivity contribution is 5.82. The largest absolute Gasteiger partial charge is 0.366 e. The second kappa shape index (κ2) is 7.42. The third kappa shape index (κ3) is 3.60. The van der Waals surface area contributed by atoms with Gasteiger partial charge in [0.1, 0.15) is 6.10 Å². The van der Waals surface area contributed by atoms with Crippen LogP contribution in [0, 0.1) is 5.92 Å². The maximum absolute atomic E-state index is 12.5. The minimum Gasteiger partial charge on any atom is -0.366 e. The highest BCUT2D eigenvalue weighted by Gasteiger charge is 2.32. The number of nitrogens with one attached hydrogen (secondary N) is 1. The van der Waals surface area contributed by atoms with Gasteiger partial charge in [-0.15, -0.1) is 0 Å². The van der Waals surface area contributed by atoms with Crippen LogP contribution < -0.4 is 5.32 Å². The lowest BCUT2D eigenvalue weighted by atomic mass is 9.88. The molecule has 2 saturated heterocycles. The monoisotopic (exact) mass is 309 g/mol. The molecule has 3 aliphatic rings. The number of morpholine rings is 1. The molecule has 0 spiro atoms. The van der Waals surface area contributed by atoms with Crippen LogP contribution >= 0.6 is 0 Å². The Kier molecular flexibility index (Phi) is 5.31. The van der Waals surface area contributed by atoms with Gasteiger partial charge in [-0.3, -0.25) is 9.59 Å². The first kappa shape index (κ1) is 15.7. The fourth-order valence-corrected chi connectivity index (χ4v) is 3.68. The number of rotatable bonds is 2. The quantitative estimate of drug-likeness (QED) is 0.793. The molecule has 6 nitrogen and oxygen atoms in total. The fourth-order valence-electron chi connectivity index (χ4n) is 3.68. The molecule has 1 aliphatic carbocycles. The molecule has 0 aromatic rings. The van der Waals surface area contributed by atoms with Crippen LogP contribution in [0.4, 0.5) is 0 Å². The van der Waals surface area contributed by atoms with Crippen LogP contribution in [0.25, 0.3) is 0 Å². The predicted octanol–water partition coefficient (Wildman–Crippen LogP) is 0.226. The Balaban J connectivity index is 1.47. The molecular formula is C16H27N3O3. The molecular weight excluding hydrogens is 282 g/mol. The summed E-state index contributed by atoms with van der Waals surface area (Å²) < 4.78 is 5.53. The van der Waals surface area contributed by atoms with Crippen molar-refractivity contribution in [3.8, 4) is 0 Å². The highest BCUT2D eigenvalue weighted by Crippen LogP contribution is 2.25. The first-order valence-electron chi connectivity index (χ1n) is 8.65. The molecule has 0 aromatic heterocycles. The molecule has 2 amide bonds. The summed E-state index contributed by atoms with van der Waals surface area (Å²) >= 11 is 0. The maximum Gasteiger partial charge on any atom is 0.253 e. The van der Waals surface area contributed by atoms with E-state index in [2.05, 4.69) is 5.32 Å². The normalized spacial score (nSPS) is 27.7. The van der Waals surface area contributed by atoms with Crippen molar-refractivity contribution >= 4 is 11.8 Å². The van der Waals surface area contributed by atoms with Gasteiger partial charge in [0.2, 0.25) is 5.91 Å². The van der Waals surface area contributed by atoms with Crippen LogP contribution in [0.5, 0.6) is 0 Å². The summed E-state index contributed by atoms with van der Waals surface area (Å²) in [4.78, 5) is 28.7. The van der Waals surface area contributed by atoms with Crippen molar-refractivity contribution in [1.82, 2.24) is 15.1 Å². The molecule has 22 heavy (non-hydrogen) atoms. The van der Waals surface area contributed by atoms with E-state index in [1.807, 2.05) is 9.80 Å². The van der Waals surface area contributed by atoms with Crippen LogP contribution in [-0.4, -0.2) is 73.6 Å². The van der Waals surface area contributed by atoms with Crippen LogP contribution in [0.3, 0.4) is 0 Å². The molecule has 0 bridgehead atoms. The number of carbonyl (C=O) groups is 2. The lowest BCUT2D eigenvalue weighted by Gasteiger charge is -2.38. The molecule has 2 heterocycles. The van der Waals surface area contributed by atoms with E-state index in [4.69, 9.17) is 4.74 Å². The van der Waals surface area contributed by atoms with Gasteiger partial charge >= 0.3 is 0 Å². The molecule has 124 valence electrons. The van der Waals surface area contributed by atoms with E-state index in [-0.39, 0.29) is 17.9 Å². The van der Waals surface area contributed by atoms with Gasteiger partial charge in [0.25, 0.3) is 5.91 Å². The predicted molar refractivity (Wildman–Crippen MR) is 82.3 cm³/mol. The Hall–Kier alpha value is -1.14.